The predicted molar refractivity (Wildman–Crippen MR) is 94.7 cm³/mol. The monoisotopic (exact) mass is 335 g/mol. The molecule has 0 atom stereocenters. The summed E-state index contributed by atoms with van der Waals surface area (Å²) < 4.78 is 14.7. The molecular weight excluding hydrogens is 317 g/mol. The molecule has 5 heteroatoms. The molecule has 1 aliphatic heterocycles. The summed E-state index contributed by atoms with van der Waals surface area (Å²) in [5.41, 5.74) is 3.78. The Morgan fingerprint density at radius 2 is 1.88 bits per heavy atom. The normalized spacial score (nSPS) is 13.6. The molecule has 0 saturated carbocycles. The number of hydrogen-bond acceptors (Lipinski definition) is 2. The van der Waals surface area contributed by atoms with E-state index in [4.69, 9.17) is 0 Å². The van der Waals surface area contributed by atoms with Gasteiger partial charge in [-0.1, -0.05) is 18.2 Å². The fourth-order valence-electron chi connectivity index (χ4n) is 3.24. The molecule has 2 aromatic carbocycles. The van der Waals surface area contributed by atoms with Crippen molar-refractivity contribution in [1.29, 1.82) is 0 Å². The van der Waals surface area contributed by atoms with Gasteiger partial charge in [-0.25, -0.2) is 4.39 Å². The van der Waals surface area contributed by atoms with Gasteiger partial charge in [-0.3, -0.25) is 9.48 Å². The van der Waals surface area contributed by atoms with Crippen LogP contribution in [0.25, 0.3) is 11.3 Å². The molecule has 0 fully saturated rings. The molecule has 0 aliphatic carbocycles. The van der Waals surface area contributed by atoms with Crippen LogP contribution in [0.2, 0.25) is 0 Å². The van der Waals surface area contributed by atoms with Crippen LogP contribution in [0, 0.1) is 5.82 Å². The molecule has 4 rings (SSSR count). The lowest BCUT2D eigenvalue weighted by atomic mass is 10.0. The molecule has 1 amide bonds. The van der Waals surface area contributed by atoms with Crippen LogP contribution >= 0.6 is 0 Å². The first kappa shape index (κ1) is 15.6. The van der Waals surface area contributed by atoms with Gasteiger partial charge in [0.25, 0.3) is 0 Å². The highest BCUT2D eigenvalue weighted by Crippen LogP contribution is 2.27. The largest absolute Gasteiger partial charge is 0.311 e. The fourth-order valence-corrected chi connectivity index (χ4v) is 3.24. The number of benzene rings is 2. The average molecular weight is 335 g/mol. The van der Waals surface area contributed by atoms with E-state index in [9.17, 15) is 9.18 Å². The highest BCUT2D eigenvalue weighted by atomic mass is 19.1. The lowest BCUT2D eigenvalue weighted by Crippen LogP contribution is -2.37. The van der Waals surface area contributed by atoms with E-state index in [0.717, 1.165) is 36.3 Å². The Hall–Kier alpha value is -2.95. The number of hydrogen-bond donors (Lipinski definition) is 0. The molecule has 0 unspecified atom stereocenters. The topological polar surface area (TPSA) is 38.1 Å². The second-order valence-electron chi connectivity index (χ2n) is 6.18. The van der Waals surface area contributed by atoms with Gasteiger partial charge in [0.15, 0.2) is 0 Å². The van der Waals surface area contributed by atoms with Crippen LogP contribution in [0.5, 0.6) is 0 Å². The maximum absolute atomic E-state index is 13.0. The van der Waals surface area contributed by atoms with Gasteiger partial charge < -0.3 is 4.90 Å². The molecule has 0 radical (unpaired) electrons. The van der Waals surface area contributed by atoms with E-state index >= 15 is 0 Å². The molecule has 126 valence electrons. The summed E-state index contributed by atoms with van der Waals surface area (Å²) >= 11 is 0. The third-order valence-electron chi connectivity index (χ3n) is 4.49. The second kappa shape index (κ2) is 6.51. The van der Waals surface area contributed by atoms with E-state index < -0.39 is 0 Å². The Kier molecular flexibility index (Phi) is 4.06. The van der Waals surface area contributed by atoms with E-state index in [1.165, 1.54) is 17.7 Å². The number of anilines is 1. The lowest BCUT2D eigenvalue weighted by Gasteiger charge is -2.29. The van der Waals surface area contributed by atoms with Gasteiger partial charge in [-0.15, -0.1) is 0 Å². The maximum Gasteiger partial charge on any atom is 0.248 e. The summed E-state index contributed by atoms with van der Waals surface area (Å²) in [7, 11) is 0. The van der Waals surface area contributed by atoms with Crippen molar-refractivity contribution in [3.63, 3.8) is 0 Å². The van der Waals surface area contributed by atoms with E-state index in [0.29, 0.717) is 0 Å². The van der Waals surface area contributed by atoms with Gasteiger partial charge in [0.1, 0.15) is 12.4 Å². The molecule has 0 bridgehead atoms. The molecule has 1 aromatic heterocycles. The zero-order valence-corrected chi connectivity index (χ0v) is 13.7. The predicted octanol–water partition coefficient (Wildman–Crippen LogP) is 3.67. The van der Waals surface area contributed by atoms with Gasteiger partial charge in [0.2, 0.25) is 5.91 Å². The SMILES string of the molecule is O=C(Cn1ccc(-c2ccc(F)cc2)n1)N1CCCc2ccccc21. The fraction of sp³-hybridized carbons (Fsp3) is 0.200. The van der Waals surface area contributed by atoms with Gasteiger partial charge in [-0.05, 0) is 54.8 Å². The zero-order valence-electron chi connectivity index (χ0n) is 13.7. The smallest absolute Gasteiger partial charge is 0.248 e. The minimum Gasteiger partial charge on any atom is -0.311 e. The van der Waals surface area contributed by atoms with Crippen LogP contribution in [0.15, 0.2) is 60.8 Å². The van der Waals surface area contributed by atoms with E-state index in [2.05, 4.69) is 11.2 Å². The van der Waals surface area contributed by atoms with Gasteiger partial charge >= 0.3 is 0 Å². The van der Waals surface area contributed by atoms with Crippen molar-refractivity contribution in [3.05, 3.63) is 72.2 Å². The molecular formula is C20H18FN3O. The van der Waals surface area contributed by atoms with Crippen molar-refractivity contribution in [2.24, 2.45) is 0 Å². The van der Waals surface area contributed by atoms with Crippen LogP contribution < -0.4 is 4.90 Å². The lowest BCUT2D eigenvalue weighted by molar-refractivity contribution is -0.119. The molecule has 0 N–H and O–H groups in total. The molecule has 3 aromatic rings. The molecule has 2 heterocycles. The van der Waals surface area contributed by atoms with Gasteiger partial charge in [0, 0.05) is 24.0 Å². The first-order chi connectivity index (χ1) is 12.2. The average Bonchev–Trinajstić information content (AvgIpc) is 3.10. The number of aryl methyl sites for hydroxylation is 1. The van der Waals surface area contributed by atoms with Crippen molar-refractivity contribution < 1.29 is 9.18 Å². The first-order valence-corrected chi connectivity index (χ1v) is 8.38. The first-order valence-electron chi connectivity index (χ1n) is 8.38. The summed E-state index contributed by atoms with van der Waals surface area (Å²) in [6, 6.07) is 16.1. The number of amides is 1. The minimum absolute atomic E-state index is 0.0286. The quantitative estimate of drug-likeness (QED) is 0.732. The molecule has 1 aliphatic rings. The van der Waals surface area contributed by atoms with E-state index in [1.807, 2.05) is 29.2 Å². The Labute approximate surface area is 145 Å². The number of rotatable bonds is 3. The number of para-hydroxylation sites is 1. The van der Waals surface area contributed by atoms with Crippen molar-refractivity contribution in [2.45, 2.75) is 19.4 Å². The number of aromatic nitrogens is 2. The maximum atomic E-state index is 13.0. The highest BCUT2D eigenvalue weighted by molar-refractivity contribution is 5.94. The third kappa shape index (κ3) is 3.18. The molecule has 25 heavy (non-hydrogen) atoms. The third-order valence-corrected chi connectivity index (χ3v) is 4.49. The van der Waals surface area contributed by atoms with Crippen LogP contribution in [0.3, 0.4) is 0 Å². The Morgan fingerprint density at radius 1 is 1.08 bits per heavy atom. The van der Waals surface area contributed by atoms with Crippen molar-refractivity contribution in [3.8, 4) is 11.3 Å². The molecule has 0 spiro atoms. The number of nitrogens with zero attached hydrogens (tertiary/aromatic N) is 3. The Morgan fingerprint density at radius 3 is 2.72 bits per heavy atom. The Bertz CT molecular complexity index is 901. The Balaban J connectivity index is 1.52. The van der Waals surface area contributed by atoms with Gasteiger partial charge in [-0.2, -0.15) is 5.10 Å². The summed E-state index contributed by atoms with van der Waals surface area (Å²) in [4.78, 5) is 14.6. The van der Waals surface area contributed by atoms with Crippen LogP contribution in [0.4, 0.5) is 10.1 Å². The number of carbonyl (C=O) groups is 1. The standard InChI is InChI=1S/C20H18FN3O/c21-17-9-7-15(8-10-17)18-11-13-23(22-18)14-20(25)24-12-3-5-16-4-1-2-6-19(16)24/h1-2,4,6-11,13H,3,5,12,14H2. The van der Waals surface area contributed by atoms with Crippen molar-refractivity contribution in [1.82, 2.24) is 9.78 Å². The van der Waals surface area contributed by atoms with Crippen LogP contribution in [-0.4, -0.2) is 22.2 Å². The van der Waals surface area contributed by atoms with Gasteiger partial charge in [0.05, 0.1) is 5.69 Å². The van der Waals surface area contributed by atoms with E-state index in [1.54, 1.807) is 23.0 Å². The van der Waals surface area contributed by atoms with Crippen molar-refractivity contribution >= 4 is 11.6 Å². The summed E-state index contributed by atoms with van der Waals surface area (Å²) in [6.45, 7) is 0.928. The summed E-state index contributed by atoms with van der Waals surface area (Å²) in [5.74, 6) is -0.247. The number of halogens is 1. The molecule has 4 nitrogen and oxygen atoms in total. The van der Waals surface area contributed by atoms with Crippen LogP contribution in [0.1, 0.15) is 12.0 Å². The van der Waals surface area contributed by atoms with Crippen LogP contribution in [-0.2, 0) is 17.8 Å². The highest BCUT2D eigenvalue weighted by Gasteiger charge is 2.22. The van der Waals surface area contributed by atoms with Crippen molar-refractivity contribution in [2.75, 3.05) is 11.4 Å². The number of carbonyl (C=O) groups excluding carboxylic acids is 1. The summed E-state index contributed by atoms with van der Waals surface area (Å²) in [5, 5.41) is 4.45. The zero-order chi connectivity index (χ0) is 17.2. The van der Waals surface area contributed by atoms with E-state index in [-0.39, 0.29) is 18.3 Å². The second-order valence-corrected chi connectivity index (χ2v) is 6.18. The minimum atomic E-state index is -0.276. The number of fused-ring (bicyclic) bond motifs is 1. The summed E-state index contributed by atoms with van der Waals surface area (Å²) in [6.07, 6.45) is 3.77. The molecule has 0 saturated heterocycles.